The van der Waals surface area contributed by atoms with Crippen molar-refractivity contribution in [3.8, 4) is 0 Å². The number of nitrogens with zero attached hydrogens (tertiary/aromatic N) is 1. The molecule has 3 aromatic rings. The number of benzene rings is 3. The number of nitrogens with one attached hydrogen (secondary N) is 1. The van der Waals surface area contributed by atoms with Gasteiger partial charge in [0, 0.05) is 29.9 Å². The van der Waals surface area contributed by atoms with Gasteiger partial charge >= 0.3 is 0 Å². The number of hydrogen-bond donors (Lipinski definition) is 1. The molecule has 4 rings (SSSR count). The van der Waals surface area contributed by atoms with E-state index in [1.165, 1.54) is 6.08 Å². The van der Waals surface area contributed by atoms with Crippen LogP contribution < -0.4 is 10.2 Å². The molecule has 0 unspecified atom stereocenters. The second-order valence-corrected chi connectivity index (χ2v) is 7.86. The fourth-order valence-electron chi connectivity index (χ4n) is 3.58. The summed E-state index contributed by atoms with van der Waals surface area (Å²) in [6.07, 6.45) is 4.56. The zero-order chi connectivity index (χ0) is 22.5. The Balaban J connectivity index is 1.46. The highest BCUT2D eigenvalue weighted by molar-refractivity contribution is 6.34. The summed E-state index contributed by atoms with van der Waals surface area (Å²) in [7, 11) is 0. The van der Waals surface area contributed by atoms with Crippen LogP contribution in [-0.2, 0) is 4.79 Å². The fourth-order valence-corrected chi connectivity index (χ4v) is 3.80. The minimum atomic E-state index is -0.305. The van der Waals surface area contributed by atoms with Crippen molar-refractivity contribution in [3.63, 3.8) is 0 Å². The van der Waals surface area contributed by atoms with Crippen LogP contribution >= 0.6 is 11.6 Å². The molecule has 160 valence electrons. The first-order chi connectivity index (χ1) is 15.5. The number of amides is 2. The lowest BCUT2D eigenvalue weighted by molar-refractivity contribution is -0.117. The normalized spacial score (nSPS) is 13.5. The van der Waals surface area contributed by atoms with E-state index in [1.54, 1.807) is 71.6 Å². The Kier molecular flexibility index (Phi) is 6.47. The lowest BCUT2D eigenvalue weighted by Crippen LogP contribution is -2.23. The Labute approximate surface area is 191 Å². The topological polar surface area (TPSA) is 66.5 Å². The van der Waals surface area contributed by atoms with E-state index in [0.29, 0.717) is 34.8 Å². The van der Waals surface area contributed by atoms with Crippen molar-refractivity contribution < 1.29 is 14.4 Å². The molecule has 1 N–H and O–H groups in total. The van der Waals surface area contributed by atoms with Crippen LogP contribution in [0.15, 0.2) is 78.9 Å². The van der Waals surface area contributed by atoms with Crippen molar-refractivity contribution >= 4 is 46.6 Å². The first kappa shape index (κ1) is 21.5. The second kappa shape index (κ2) is 9.62. The highest BCUT2D eigenvalue weighted by Gasteiger charge is 2.22. The Morgan fingerprint density at radius 1 is 0.969 bits per heavy atom. The summed E-state index contributed by atoms with van der Waals surface area (Å²) in [5.74, 6) is -0.383. The molecule has 6 heteroatoms. The third-order valence-electron chi connectivity index (χ3n) is 5.21. The Hall–Kier alpha value is -3.70. The number of carbonyl (C=O) groups is 3. The maximum atomic E-state index is 12.7. The molecular formula is C26H21ClN2O3. The maximum absolute atomic E-state index is 12.7. The first-order valence-electron chi connectivity index (χ1n) is 10.3. The minimum absolute atomic E-state index is 0.0841. The monoisotopic (exact) mass is 444 g/mol. The van der Waals surface area contributed by atoms with Crippen molar-refractivity contribution in [1.29, 1.82) is 0 Å². The van der Waals surface area contributed by atoms with Gasteiger partial charge in [-0.25, -0.2) is 0 Å². The van der Waals surface area contributed by atoms with Gasteiger partial charge in [0.15, 0.2) is 5.78 Å². The van der Waals surface area contributed by atoms with Crippen LogP contribution in [0.2, 0.25) is 5.02 Å². The average Bonchev–Trinajstić information content (AvgIpc) is 3.24. The van der Waals surface area contributed by atoms with Crippen LogP contribution in [0.4, 0.5) is 11.4 Å². The second-order valence-electron chi connectivity index (χ2n) is 7.46. The molecule has 0 atom stereocenters. The van der Waals surface area contributed by atoms with Crippen molar-refractivity contribution in [1.82, 2.24) is 0 Å². The molecule has 5 nitrogen and oxygen atoms in total. The van der Waals surface area contributed by atoms with E-state index < -0.39 is 0 Å². The van der Waals surface area contributed by atoms with Gasteiger partial charge in [0.05, 0.1) is 10.6 Å². The molecule has 1 aliphatic heterocycles. The van der Waals surface area contributed by atoms with Crippen LogP contribution in [0.25, 0.3) is 6.08 Å². The molecule has 0 aromatic heterocycles. The average molecular weight is 445 g/mol. The highest BCUT2D eigenvalue weighted by Crippen LogP contribution is 2.23. The molecule has 0 radical (unpaired) electrons. The zero-order valence-electron chi connectivity index (χ0n) is 17.3. The number of hydrogen-bond acceptors (Lipinski definition) is 3. The van der Waals surface area contributed by atoms with Gasteiger partial charge < -0.3 is 10.2 Å². The molecule has 1 saturated heterocycles. The van der Waals surface area contributed by atoms with Crippen LogP contribution in [0.1, 0.15) is 39.1 Å². The van der Waals surface area contributed by atoms with Gasteiger partial charge in [-0.2, -0.15) is 0 Å². The molecular weight excluding hydrogens is 424 g/mol. The maximum Gasteiger partial charge on any atom is 0.257 e. The quantitative estimate of drug-likeness (QED) is 0.396. The van der Waals surface area contributed by atoms with Crippen LogP contribution in [0.3, 0.4) is 0 Å². The lowest BCUT2D eigenvalue weighted by atomic mass is 10.1. The zero-order valence-corrected chi connectivity index (χ0v) is 18.0. The van der Waals surface area contributed by atoms with Gasteiger partial charge in [0.25, 0.3) is 5.91 Å². The van der Waals surface area contributed by atoms with Crippen LogP contribution in [-0.4, -0.2) is 24.1 Å². The molecule has 32 heavy (non-hydrogen) atoms. The van der Waals surface area contributed by atoms with Gasteiger partial charge in [0.2, 0.25) is 5.91 Å². The summed E-state index contributed by atoms with van der Waals surface area (Å²) in [6.45, 7) is 0.680. The van der Waals surface area contributed by atoms with E-state index in [2.05, 4.69) is 5.32 Å². The lowest BCUT2D eigenvalue weighted by Gasteiger charge is -2.16. The SMILES string of the molecule is O=C(/C=C\c1cccc(NC(=O)c2ccccc2Cl)c1)c1cccc(N2CCCC2=O)c1. The first-order valence-corrected chi connectivity index (χ1v) is 10.7. The summed E-state index contributed by atoms with van der Waals surface area (Å²) < 4.78 is 0. The molecule has 0 saturated carbocycles. The van der Waals surface area contributed by atoms with Crippen LogP contribution in [0.5, 0.6) is 0 Å². The number of rotatable bonds is 6. The summed E-state index contributed by atoms with van der Waals surface area (Å²) >= 11 is 6.09. The number of ketones is 1. The van der Waals surface area contributed by atoms with E-state index >= 15 is 0 Å². The number of anilines is 2. The predicted octanol–water partition coefficient (Wildman–Crippen LogP) is 5.62. The number of allylic oxidation sites excluding steroid dienone is 1. The molecule has 0 spiro atoms. The number of halogens is 1. The fraction of sp³-hybridized carbons (Fsp3) is 0.115. The third-order valence-corrected chi connectivity index (χ3v) is 5.54. The predicted molar refractivity (Wildman–Crippen MR) is 127 cm³/mol. The molecule has 1 aliphatic rings. The Morgan fingerprint density at radius 3 is 2.56 bits per heavy atom. The van der Waals surface area contributed by atoms with Gasteiger partial charge in [0.1, 0.15) is 0 Å². The van der Waals surface area contributed by atoms with Crippen molar-refractivity contribution in [2.24, 2.45) is 0 Å². The molecule has 2 amide bonds. The molecule has 0 aliphatic carbocycles. The van der Waals surface area contributed by atoms with E-state index in [1.807, 2.05) is 12.1 Å². The molecule has 0 bridgehead atoms. The van der Waals surface area contributed by atoms with Gasteiger partial charge in [-0.05, 0) is 54.5 Å². The largest absolute Gasteiger partial charge is 0.322 e. The van der Waals surface area contributed by atoms with E-state index in [0.717, 1.165) is 17.7 Å². The van der Waals surface area contributed by atoms with Gasteiger partial charge in [-0.3, -0.25) is 14.4 Å². The van der Waals surface area contributed by atoms with Crippen LogP contribution in [0, 0.1) is 0 Å². The van der Waals surface area contributed by atoms with Crippen molar-refractivity contribution in [2.45, 2.75) is 12.8 Å². The smallest absolute Gasteiger partial charge is 0.257 e. The van der Waals surface area contributed by atoms with E-state index in [-0.39, 0.29) is 17.6 Å². The van der Waals surface area contributed by atoms with Gasteiger partial charge in [-0.15, -0.1) is 0 Å². The summed E-state index contributed by atoms with van der Waals surface area (Å²) in [4.78, 5) is 38.8. The highest BCUT2D eigenvalue weighted by atomic mass is 35.5. The van der Waals surface area contributed by atoms with E-state index in [4.69, 9.17) is 11.6 Å². The molecule has 1 heterocycles. The standard InChI is InChI=1S/C26H21ClN2O3/c27-23-11-2-1-10-22(23)26(32)28-20-8-3-6-18(16-20)13-14-24(30)19-7-4-9-21(17-19)29-15-5-12-25(29)31/h1-4,6-11,13-14,16-17H,5,12,15H2,(H,28,32)/b14-13-. The third kappa shape index (κ3) is 4.95. The molecule has 1 fully saturated rings. The summed E-state index contributed by atoms with van der Waals surface area (Å²) in [6, 6.07) is 21.1. The minimum Gasteiger partial charge on any atom is -0.322 e. The van der Waals surface area contributed by atoms with Crippen molar-refractivity contribution in [2.75, 3.05) is 16.8 Å². The van der Waals surface area contributed by atoms with Crippen molar-refractivity contribution in [3.05, 3.63) is 101 Å². The molecule has 3 aromatic carbocycles. The summed E-state index contributed by atoms with van der Waals surface area (Å²) in [5, 5.41) is 3.20. The number of carbonyl (C=O) groups excluding carboxylic acids is 3. The van der Waals surface area contributed by atoms with E-state index in [9.17, 15) is 14.4 Å². The van der Waals surface area contributed by atoms with Gasteiger partial charge in [-0.1, -0.05) is 54.1 Å². The Bertz CT molecular complexity index is 1220. The Morgan fingerprint density at radius 2 is 1.78 bits per heavy atom. The summed E-state index contributed by atoms with van der Waals surface area (Å²) in [5.41, 5.74) is 3.01.